The number of anilines is 2. The molecule has 0 bridgehead atoms. The van der Waals surface area contributed by atoms with Gasteiger partial charge in [0.2, 0.25) is 5.91 Å². The molecule has 11 heteroatoms. The SMILES string of the molecule is CCOC(=O)c1c(NC(=O)C(C)(C)C)c(F)c(NC(=O)OC(C)(C)C)c(F)c1OC1CCCCO1. The van der Waals surface area contributed by atoms with Crippen LogP contribution in [0.2, 0.25) is 0 Å². The first-order valence-electron chi connectivity index (χ1n) is 11.5. The molecule has 2 rings (SSSR count). The summed E-state index contributed by atoms with van der Waals surface area (Å²) in [6, 6.07) is 0. The van der Waals surface area contributed by atoms with Crippen molar-refractivity contribution in [3.63, 3.8) is 0 Å². The van der Waals surface area contributed by atoms with E-state index in [2.05, 4.69) is 5.32 Å². The van der Waals surface area contributed by atoms with Gasteiger partial charge in [-0.3, -0.25) is 10.1 Å². The molecule has 1 saturated heterocycles. The maximum absolute atomic E-state index is 15.7. The molecular weight excluding hydrogens is 466 g/mol. The molecule has 9 nitrogen and oxygen atoms in total. The van der Waals surface area contributed by atoms with Crippen LogP contribution in [0.5, 0.6) is 5.75 Å². The van der Waals surface area contributed by atoms with Gasteiger partial charge in [0.25, 0.3) is 0 Å². The quantitative estimate of drug-likeness (QED) is 0.505. The largest absolute Gasteiger partial charge is 0.462 e. The molecule has 2 N–H and O–H groups in total. The first kappa shape index (κ1) is 28.3. The molecule has 1 heterocycles. The van der Waals surface area contributed by atoms with Crippen molar-refractivity contribution >= 4 is 29.3 Å². The Morgan fingerprint density at radius 3 is 2.17 bits per heavy atom. The first-order chi connectivity index (χ1) is 16.2. The maximum Gasteiger partial charge on any atom is 0.412 e. The van der Waals surface area contributed by atoms with E-state index in [9.17, 15) is 14.4 Å². The molecule has 1 aliphatic heterocycles. The molecule has 1 aliphatic rings. The third-order valence-corrected chi connectivity index (χ3v) is 4.75. The number of carbonyl (C=O) groups excluding carboxylic acids is 3. The van der Waals surface area contributed by atoms with Crippen LogP contribution >= 0.6 is 0 Å². The molecule has 1 aromatic carbocycles. The van der Waals surface area contributed by atoms with E-state index >= 15 is 8.78 Å². The lowest BCUT2D eigenvalue weighted by Gasteiger charge is -2.27. The van der Waals surface area contributed by atoms with Gasteiger partial charge >= 0.3 is 12.1 Å². The highest BCUT2D eigenvalue weighted by Gasteiger charge is 2.36. The molecule has 0 aromatic heterocycles. The summed E-state index contributed by atoms with van der Waals surface area (Å²) in [5.74, 6) is -5.28. The number of esters is 1. The fraction of sp³-hybridized carbons (Fsp3) is 0.625. The summed E-state index contributed by atoms with van der Waals surface area (Å²) in [5, 5.41) is 4.36. The van der Waals surface area contributed by atoms with Crippen LogP contribution < -0.4 is 15.4 Å². The molecule has 196 valence electrons. The van der Waals surface area contributed by atoms with Gasteiger partial charge in [-0.25, -0.2) is 18.4 Å². The van der Waals surface area contributed by atoms with E-state index in [0.29, 0.717) is 13.0 Å². The third-order valence-electron chi connectivity index (χ3n) is 4.75. The smallest absolute Gasteiger partial charge is 0.412 e. The number of carbonyl (C=O) groups is 3. The van der Waals surface area contributed by atoms with Crippen LogP contribution in [0.4, 0.5) is 25.0 Å². The number of nitrogens with one attached hydrogen (secondary N) is 2. The minimum atomic E-state index is -1.40. The Kier molecular flexibility index (Phi) is 9.05. The average Bonchev–Trinajstić information content (AvgIpc) is 2.73. The van der Waals surface area contributed by atoms with E-state index in [1.165, 1.54) is 6.92 Å². The van der Waals surface area contributed by atoms with E-state index in [1.807, 2.05) is 5.32 Å². The molecule has 0 aliphatic carbocycles. The zero-order valence-corrected chi connectivity index (χ0v) is 21.2. The van der Waals surface area contributed by atoms with Crippen molar-refractivity contribution in [1.29, 1.82) is 0 Å². The Bertz CT molecular complexity index is 962. The minimum absolute atomic E-state index is 0.105. The second kappa shape index (κ2) is 11.2. The van der Waals surface area contributed by atoms with E-state index in [4.69, 9.17) is 18.9 Å². The lowest BCUT2D eigenvalue weighted by molar-refractivity contribution is -0.123. The highest BCUT2D eigenvalue weighted by Crippen LogP contribution is 2.41. The van der Waals surface area contributed by atoms with Gasteiger partial charge in [0.15, 0.2) is 23.7 Å². The van der Waals surface area contributed by atoms with Crippen LogP contribution in [-0.2, 0) is 19.0 Å². The van der Waals surface area contributed by atoms with Crippen LogP contribution in [0.25, 0.3) is 0 Å². The van der Waals surface area contributed by atoms with Crippen LogP contribution in [0, 0.1) is 17.0 Å². The van der Waals surface area contributed by atoms with Crippen molar-refractivity contribution in [3.8, 4) is 5.75 Å². The highest BCUT2D eigenvalue weighted by atomic mass is 19.1. The summed E-state index contributed by atoms with van der Waals surface area (Å²) in [5.41, 5.74) is -4.27. The predicted octanol–water partition coefficient (Wildman–Crippen LogP) is 5.38. The number of rotatable bonds is 6. The number of amides is 2. The Hall–Kier alpha value is -2.95. The lowest BCUT2D eigenvalue weighted by atomic mass is 9.95. The van der Waals surface area contributed by atoms with Crippen LogP contribution in [-0.4, -0.2) is 43.1 Å². The average molecular weight is 501 g/mol. The minimum Gasteiger partial charge on any atom is -0.462 e. The van der Waals surface area contributed by atoms with E-state index < -0.39 is 69.6 Å². The normalized spacial score (nSPS) is 16.3. The summed E-state index contributed by atoms with van der Waals surface area (Å²) < 4.78 is 52.6. The van der Waals surface area contributed by atoms with Gasteiger partial charge < -0.3 is 24.3 Å². The predicted molar refractivity (Wildman–Crippen MR) is 124 cm³/mol. The third kappa shape index (κ3) is 7.51. The van der Waals surface area contributed by atoms with Crippen LogP contribution in [0.1, 0.15) is 78.1 Å². The van der Waals surface area contributed by atoms with Gasteiger partial charge in [-0.1, -0.05) is 20.8 Å². The van der Waals surface area contributed by atoms with Gasteiger partial charge in [0.05, 0.1) is 18.9 Å². The highest BCUT2D eigenvalue weighted by molar-refractivity contribution is 6.06. The molecule has 0 spiro atoms. The van der Waals surface area contributed by atoms with Gasteiger partial charge in [-0.05, 0) is 40.5 Å². The van der Waals surface area contributed by atoms with Crippen LogP contribution in [0.3, 0.4) is 0 Å². The van der Waals surface area contributed by atoms with Gasteiger partial charge in [0, 0.05) is 11.8 Å². The lowest BCUT2D eigenvalue weighted by Crippen LogP contribution is -2.32. The standard InChI is InChI=1S/C24H34F2N2O7/c1-8-32-20(29)14-17(27-21(30)23(2,3)4)15(25)18(28-22(31)35-24(5,6)7)16(26)19(14)34-13-11-9-10-12-33-13/h13H,8-12H2,1-7H3,(H,27,30)(H,28,31). The Balaban J connectivity index is 2.72. The van der Waals surface area contributed by atoms with Crippen LogP contribution in [0.15, 0.2) is 0 Å². The number of hydrogen-bond acceptors (Lipinski definition) is 7. The topological polar surface area (TPSA) is 112 Å². The van der Waals surface area contributed by atoms with Gasteiger partial charge in [-0.2, -0.15) is 0 Å². The zero-order valence-electron chi connectivity index (χ0n) is 21.2. The Morgan fingerprint density at radius 1 is 1.00 bits per heavy atom. The molecule has 1 fully saturated rings. The summed E-state index contributed by atoms with van der Waals surface area (Å²) >= 11 is 0. The van der Waals surface area contributed by atoms with Crippen molar-refractivity contribution in [2.75, 3.05) is 23.8 Å². The fourth-order valence-electron chi connectivity index (χ4n) is 3.05. The maximum atomic E-state index is 15.7. The second-order valence-corrected chi connectivity index (χ2v) is 10.0. The van der Waals surface area contributed by atoms with E-state index in [0.717, 1.165) is 12.8 Å². The van der Waals surface area contributed by atoms with E-state index in [1.54, 1.807) is 41.5 Å². The zero-order chi connectivity index (χ0) is 26.6. The molecule has 0 radical (unpaired) electrons. The summed E-state index contributed by atoms with van der Waals surface area (Å²) in [6.07, 6.45) is -0.199. The monoisotopic (exact) mass is 500 g/mol. The van der Waals surface area contributed by atoms with Gasteiger partial charge in [0.1, 0.15) is 16.9 Å². The molecular formula is C24H34F2N2O7. The number of ether oxygens (including phenoxy) is 4. The van der Waals surface area contributed by atoms with Crippen molar-refractivity contribution in [3.05, 3.63) is 17.2 Å². The fourth-order valence-corrected chi connectivity index (χ4v) is 3.05. The van der Waals surface area contributed by atoms with Crippen molar-refractivity contribution in [2.45, 2.75) is 79.6 Å². The molecule has 2 amide bonds. The second-order valence-electron chi connectivity index (χ2n) is 10.0. The first-order valence-corrected chi connectivity index (χ1v) is 11.5. The number of hydrogen-bond donors (Lipinski definition) is 2. The summed E-state index contributed by atoms with van der Waals surface area (Å²) in [7, 11) is 0. The number of benzene rings is 1. The molecule has 35 heavy (non-hydrogen) atoms. The summed E-state index contributed by atoms with van der Waals surface area (Å²) in [4.78, 5) is 37.9. The summed E-state index contributed by atoms with van der Waals surface area (Å²) in [6.45, 7) is 11.2. The van der Waals surface area contributed by atoms with Crippen molar-refractivity contribution < 1.29 is 42.1 Å². The Morgan fingerprint density at radius 2 is 1.66 bits per heavy atom. The molecule has 1 unspecified atom stereocenters. The molecule has 1 aromatic rings. The molecule has 0 saturated carbocycles. The van der Waals surface area contributed by atoms with Crippen molar-refractivity contribution in [1.82, 2.24) is 0 Å². The number of halogens is 2. The molecule has 1 atom stereocenters. The Labute approximate surface area is 203 Å². The van der Waals surface area contributed by atoms with E-state index in [-0.39, 0.29) is 6.61 Å². The van der Waals surface area contributed by atoms with Gasteiger partial charge in [-0.15, -0.1) is 0 Å². The van der Waals surface area contributed by atoms with Crippen molar-refractivity contribution in [2.24, 2.45) is 5.41 Å².